The van der Waals surface area contributed by atoms with E-state index in [9.17, 15) is 0 Å². The molecule has 3 aromatic carbocycles. The van der Waals surface area contributed by atoms with Gasteiger partial charge in [-0.1, -0.05) is 59.6 Å². The van der Waals surface area contributed by atoms with E-state index in [1.165, 1.54) is 6.33 Å². The van der Waals surface area contributed by atoms with E-state index in [1.807, 2.05) is 30.3 Å². The summed E-state index contributed by atoms with van der Waals surface area (Å²) in [5.74, 6) is 1.36. The van der Waals surface area contributed by atoms with Crippen molar-refractivity contribution < 1.29 is 4.74 Å². The number of nitrogens with one attached hydrogen (secondary N) is 2. The van der Waals surface area contributed by atoms with E-state index in [2.05, 4.69) is 32.6 Å². The summed E-state index contributed by atoms with van der Waals surface area (Å²) < 4.78 is 6.11. The molecule has 0 unspecified atom stereocenters. The number of hydrogen-bond acceptors (Lipinski definition) is 4. The molecule has 0 bridgehead atoms. The number of hydrogen-bond donors (Lipinski definition) is 2. The molecule has 4 aromatic rings. The Balaban J connectivity index is 1.65. The normalized spacial score (nSPS) is 10.9. The fourth-order valence-electron chi connectivity index (χ4n) is 2.92. The van der Waals surface area contributed by atoms with Gasteiger partial charge in [-0.05, 0) is 29.0 Å². The summed E-state index contributed by atoms with van der Waals surface area (Å²) >= 11 is 12.5. The average Bonchev–Trinajstić information content (AvgIpc) is 3.20. The van der Waals surface area contributed by atoms with E-state index in [4.69, 9.17) is 27.9 Å². The fourth-order valence-corrected chi connectivity index (χ4v) is 3.42. The molecule has 136 valence electrons. The van der Waals surface area contributed by atoms with Crippen molar-refractivity contribution in [2.45, 2.75) is 13.2 Å². The van der Waals surface area contributed by atoms with Gasteiger partial charge in [0, 0.05) is 27.7 Å². The molecule has 4 rings (SSSR count). The molecule has 0 aliphatic heterocycles. The number of aromatic nitrogens is 3. The SMILES string of the molecule is Clc1cccc(Cl)c1COc1ccc2ccccc2c1CNc1ncn[nH]1. The highest BCUT2D eigenvalue weighted by Gasteiger charge is 2.12. The van der Waals surface area contributed by atoms with E-state index in [1.54, 1.807) is 12.1 Å². The Bertz CT molecular complexity index is 1050. The maximum absolute atomic E-state index is 6.26. The molecule has 1 heterocycles. The number of aromatic amines is 1. The van der Waals surface area contributed by atoms with Crippen molar-refractivity contribution in [3.05, 3.63) is 82.1 Å². The summed E-state index contributed by atoms with van der Waals surface area (Å²) in [4.78, 5) is 4.10. The minimum Gasteiger partial charge on any atom is -0.488 e. The summed E-state index contributed by atoms with van der Waals surface area (Å²) in [7, 11) is 0. The molecule has 2 N–H and O–H groups in total. The molecular weight excluding hydrogens is 383 g/mol. The molecule has 0 saturated heterocycles. The van der Waals surface area contributed by atoms with Crippen molar-refractivity contribution in [1.29, 1.82) is 0 Å². The van der Waals surface area contributed by atoms with Crippen molar-refractivity contribution in [1.82, 2.24) is 15.2 Å². The molecule has 0 fully saturated rings. The molecule has 5 nitrogen and oxygen atoms in total. The molecule has 0 atom stereocenters. The zero-order chi connectivity index (χ0) is 18.6. The molecular formula is C20H16Cl2N4O. The van der Waals surface area contributed by atoms with Gasteiger partial charge in [-0.2, -0.15) is 5.10 Å². The Morgan fingerprint density at radius 2 is 1.74 bits per heavy atom. The predicted molar refractivity (Wildman–Crippen MR) is 108 cm³/mol. The largest absolute Gasteiger partial charge is 0.488 e. The molecule has 0 amide bonds. The number of halogens is 2. The van der Waals surface area contributed by atoms with Crippen LogP contribution < -0.4 is 10.1 Å². The Hall–Kier alpha value is -2.76. The molecule has 0 saturated carbocycles. The standard InChI is InChI=1S/C20H16Cl2N4O/c21-17-6-3-7-18(22)16(17)11-27-19-9-8-13-4-1-2-5-14(13)15(19)10-23-20-24-12-25-26-20/h1-9,12H,10-11H2,(H2,23,24,25,26). The van der Waals surface area contributed by atoms with Crippen LogP contribution in [0.1, 0.15) is 11.1 Å². The van der Waals surface area contributed by atoms with Gasteiger partial charge in [0.2, 0.25) is 5.95 Å². The van der Waals surface area contributed by atoms with Crippen molar-refractivity contribution in [3.63, 3.8) is 0 Å². The van der Waals surface area contributed by atoms with E-state index in [0.29, 0.717) is 22.5 Å². The van der Waals surface area contributed by atoms with Gasteiger partial charge in [-0.15, -0.1) is 0 Å². The Kier molecular flexibility index (Phi) is 5.14. The Morgan fingerprint density at radius 3 is 2.52 bits per heavy atom. The quantitative estimate of drug-likeness (QED) is 0.452. The zero-order valence-electron chi connectivity index (χ0n) is 14.2. The zero-order valence-corrected chi connectivity index (χ0v) is 15.8. The van der Waals surface area contributed by atoms with Crippen molar-refractivity contribution >= 4 is 39.9 Å². The second-order valence-corrected chi connectivity index (χ2v) is 6.75. The number of H-pyrrole nitrogens is 1. The van der Waals surface area contributed by atoms with E-state index >= 15 is 0 Å². The van der Waals surface area contributed by atoms with Crippen LogP contribution in [0.5, 0.6) is 5.75 Å². The third-order valence-corrected chi connectivity index (χ3v) is 4.99. The number of ether oxygens (including phenoxy) is 1. The van der Waals surface area contributed by atoms with E-state index in [0.717, 1.165) is 27.6 Å². The van der Waals surface area contributed by atoms with E-state index in [-0.39, 0.29) is 6.61 Å². The van der Waals surface area contributed by atoms with Gasteiger partial charge in [-0.25, -0.2) is 10.1 Å². The summed E-state index contributed by atoms with van der Waals surface area (Å²) in [6.07, 6.45) is 1.46. The lowest BCUT2D eigenvalue weighted by molar-refractivity contribution is 0.304. The van der Waals surface area contributed by atoms with Crippen molar-refractivity contribution in [2.24, 2.45) is 0 Å². The van der Waals surface area contributed by atoms with Crippen LogP contribution in [0.3, 0.4) is 0 Å². The summed E-state index contributed by atoms with van der Waals surface area (Å²) in [5.41, 5.74) is 1.79. The lowest BCUT2D eigenvalue weighted by Gasteiger charge is -2.16. The minimum absolute atomic E-state index is 0.284. The van der Waals surface area contributed by atoms with Crippen LogP contribution in [0.25, 0.3) is 10.8 Å². The first kappa shape index (κ1) is 17.6. The number of nitrogens with zero attached hydrogens (tertiary/aromatic N) is 2. The van der Waals surface area contributed by atoms with E-state index < -0.39 is 0 Å². The first-order valence-corrected chi connectivity index (χ1v) is 9.13. The highest BCUT2D eigenvalue weighted by molar-refractivity contribution is 6.35. The molecule has 7 heteroatoms. The van der Waals surface area contributed by atoms with Crippen molar-refractivity contribution in [2.75, 3.05) is 5.32 Å². The number of rotatable bonds is 6. The molecule has 0 radical (unpaired) electrons. The monoisotopic (exact) mass is 398 g/mol. The summed E-state index contributed by atoms with van der Waals surface area (Å²) in [5, 5.41) is 13.3. The first-order valence-electron chi connectivity index (χ1n) is 8.38. The van der Waals surface area contributed by atoms with Crippen LogP contribution in [-0.4, -0.2) is 15.2 Å². The van der Waals surface area contributed by atoms with Crippen LogP contribution in [0.4, 0.5) is 5.95 Å². The maximum atomic E-state index is 6.26. The maximum Gasteiger partial charge on any atom is 0.218 e. The molecule has 0 aliphatic carbocycles. The lowest BCUT2D eigenvalue weighted by Crippen LogP contribution is -2.06. The second-order valence-electron chi connectivity index (χ2n) is 5.94. The predicted octanol–water partition coefficient (Wildman–Crippen LogP) is 5.46. The van der Waals surface area contributed by atoms with Crippen LogP contribution >= 0.6 is 23.2 Å². The molecule has 27 heavy (non-hydrogen) atoms. The van der Waals surface area contributed by atoms with Crippen LogP contribution in [0.2, 0.25) is 10.0 Å². The molecule has 0 aliphatic rings. The summed E-state index contributed by atoms with van der Waals surface area (Å²) in [6.45, 7) is 0.814. The van der Waals surface area contributed by atoms with Crippen LogP contribution in [0, 0.1) is 0 Å². The number of benzene rings is 3. The smallest absolute Gasteiger partial charge is 0.218 e. The first-order chi connectivity index (χ1) is 13.2. The van der Waals surface area contributed by atoms with Gasteiger partial charge >= 0.3 is 0 Å². The third kappa shape index (κ3) is 3.84. The van der Waals surface area contributed by atoms with Gasteiger partial charge in [-0.3, -0.25) is 0 Å². The van der Waals surface area contributed by atoms with Crippen LogP contribution in [0.15, 0.2) is 60.9 Å². The Labute approximate surface area is 166 Å². The molecule has 1 aromatic heterocycles. The topological polar surface area (TPSA) is 62.8 Å². The number of anilines is 1. The van der Waals surface area contributed by atoms with Gasteiger partial charge < -0.3 is 10.1 Å². The van der Waals surface area contributed by atoms with Crippen LogP contribution in [-0.2, 0) is 13.2 Å². The van der Waals surface area contributed by atoms with Gasteiger partial charge in [0.15, 0.2) is 0 Å². The summed E-state index contributed by atoms with van der Waals surface area (Å²) in [6, 6.07) is 17.6. The van der Waals surface area contributed by atoms with Crippen molar-refractivity contribution in [3.8, 4) is 5.75 Å². The van der Waals surface area contributed by atoms with Gasteiger partial charge in [0.05, 0.1) is 0 Å². The highest BCUT2D eigenvalue weighted by Crippen LogP contribution is 2.31. The fraction of sp³-hybridized carbons (Fsp3) is 0.100. The minimum atomic E-state index is 0.284. The highest BCUT2D eigenvalue weighted by atomic mass is 35.5. The number of fused-ring (bicyclic) bond motifs is 1. The average molecular weight is 399 g/mol. The second kappa shape index (κ2) is 7.86. The Morgan fingerprint density at radius 1 is 0.926 bits per heavy atom. The van der Waals surface area contributed by atoms with Gasteiger partial charge in [0.1, 0.15) is 18.7 Å². The third-order valence-electron chi connectivity index (χ3n) is 4.28. The lowest BCUT2D eigenvalue weighted by atomic mass is 10.0. The van der Waals surface area contributed by atoms with Gasteiger partial charge in [0.25, 0.3) is 0 Å². The molecule has 0 spiro atoms.